The van der Waals surface area contributed by atoms with Crippen molar-refractivity contribution in [3.05, 3.63) is 35.4 Å². The van der Waals surface area contributed by atoms with Crippen molar-refractivity contribution in [3.8, 4) is 0 Å². The summed E-state index contributed by atoms with van der Waals surface area (Å²) < 4.78 is 0. The van der Waals surface area contributed by atoms with E-state index in [1.54, 1.807) is 0 Å². The number of likely N-dealkylation sites (N-methyl/N-ethyl adjacent to an activating group) is 1. The van der Waals surface area contributed by atoms with Crippen molar-refractivity contribution in [2.24, 2.45) is 0 Å². The molecule has 1 amide bonds. The molecule has 1 aliphatic heterocycles. The number of amides is 1. The highest BCUT2D eigenvalue weighted by atomic mass is 79.9. The van der Waals surface area contributed by atoms with E-state index in [0.717, 1.165) is 43.5 Å². The topological polar surface area (TPSA) is 23.6 Å². The van der Waals surface area contributed by atoms with Crippen LogP contribution in [0.15, 0.2) is 24.3 Å². The van der Waals surface area contributed by atoms with Crippen LogP contribution >= 0.6 is 15.9 Å². The molecule has 1 heterocycles. The number of hydrogen-bond donors (Lipinski definition) is 0. The molecule has 1 fully saturated rings. The average molecular weight is 339 g/mol. The van der Waals surface area contributed by atoms with Crippen LogP contribution in [0, 0.1) is 0 Å². The molecule has 0 radical (unpaired) electrons. The van der Waals surface area contributed by atoms with E-state index < -0.39 is 0 Å². The molecule has 1 aromatic carbocycles. The summed E-state index contributed by atoms with van der Waals surface area (Å²) in [5.74, 6) is 0.167. The second-order valence-corrected chi connectivity index (χ2v) is 5.81. The third-order valence-electron chi connectivity index (χ3n) is 4.13. The average Bonchev–Trinajstić information content (AvgIpc) is 2.97. The number of halogens is 1. The van der Waals surface area contributed by atoms with E-state index in [1.165, 1.54) is 5.56 Å². The summed E-state index contributed by atoms with van der Waals surface area (Å²) in [6, 6.07) is 8.42. The Kier molecular flexibility index (Phi) is 5.61. The van der Waals surface area contributed by atoms with Gasteiger partial charge in [0, 0.05) is 30.0 Å². The summed E-state index contributed by atoms with van der Waals surface area (Å²) in [4.78, 5) is 16.9. The van der Waals surface area contributed by atoms with Gasteiger partial charge in [0.15, 0.2) is 0 Å². The molecule has 0 bridgehead atoms. The first kappa shape index (κ1) is 15.5. The summed E-state index contributed by atoms with van der Waals surface area (Å²) in [5, 5.41) is 0.829. The first-order valence-corrected chi connectivity index (χ1v) is 8.50. The van der Waals surface area contributed by atoms with Crippen LogP contribution in [0.25, 0.3) is 0 Å². The highest BCUT2D eigenvalue weighted by molar-refractivity contribution is 9.08. The summed E-state index contributed by atoms with van der Waals surface area (Å²) in [6.07, 6.45) is 1.09. The van der Waals surface area contributed by atoms with Gasteiger partial charge in [0.2, 0.25) is 0 Å². The molecule has 1 aromatic rings. The second kappa shape index (κ2) is 7.23. The molecule has 3 nitrogen and oxygen atoms in total. The SMILES string of the molecule is CCN(CC)C1CCN(C(=O)c2ccc(CBr)cc2)C1. The zero-order valence-corrected chi connectivity index (χ0v) is 13.9. The Morgan fingerprint density at radius 3 is 2.50 bits per heavy atom. The van der Waals surface area contributed by atoms with E-state index in [1.807, 2.05) is 29.2 Å². The Balaban J connectivity index is 2.00. The van der Waals surface area contributed by atoms with Crippen molar-refractivity contribution in [1.29, 1.82) is 0 Å². The summed E-state index contributed by atoms with van der Waals surface area (Å²) in [6.45, 7) is 8.23. The van der Waals surface area contributed by atoms with Gasteiger partial charge in [-0.1, -0.05) is 41.9 Å². The van der Waals surface area contributed by atoms with Crippen LogP contribution in [0.4, 0.5) is 0 Å². The molecule has 4 heteroatoms. The lowest BCUT2D eigenvalue weighted by atomic mass is 10.1. The van der Waals surface area contributed by atoms with Gasteiger partial charge in [0.25, 0.3) is 5.91 Å². The number of nitrogens with zero attached hydrogens (tertiary/aromatic N) is 2. The molecule has 0 aromatic heterocycles. The maximum Gasteiger partial charge on any atom is 0.253 e. The Labute approximate surface area is 130 Å². The molecule has 0 spiro atoms. The van der Waals surface area contributed by atoms with Crippen LogP contribution in [0.5, 0.6) is 0 Å². The molecule has 1 atom stereocenters. The van der Waals surface area contributed by atoms with Gasteiger partial charge in [0.1, 0.15) is 0 Å². The van der Waals surface area contributed by atoms with Crippen molar-refractivity contribution in [2.45, 2.75) is 31.6 Å². The molecule has 1 unspecified atom stereocenters. The van der Waals surface area contributed by atoms with Crippen LogP contribution in [0.1, 0.15) is 36.2 Å². The number of likely N-dealkylation sites (tertiary alicyclic amines) is 1. The van der Waals surface area contributed by atoms with E-state index in [9.17, 15) is 4.79 Å². The summed E-state index contributed by atoms with van der Waals surface area (Å²) in [7, 11) is 0. The van der Waals surface area contributed by atoms with Crippen LogP contribution < -0.4 is 0 Å². The predicted octanol–water partition coefficient (Wildman–Crippen LogP) is 3.14. The fourth-order valence-corrected chi connectivity index (χ4v) is 3.26. The standard InChI is InChI=1S/C16H23BrN2O/c1-3-18(4-2)15-9-10-19(12-15)16(20)14-7-5-13(11-17)6-8-14/h5-8,15H,3-4,9-12H2,1-2H3. The van der Waals surface area contributed by atoms with Crippen molar-refractivity contribution in [2.75, 3.05) is 26.2 Å². The molecule has 2 rings (SSSR count). The number of rotatable bonds is 5. The highest BCUT2D eigenvalue weighted by Crippen LogP contribution is 2.18. The number of benzene rings is 1. The minimum absolute atomic E-state index is 0.167. The zero-order valence-electron chi connectivity index (χ0n) is 12.3. The summed E-state index contributed by atoms with van der Waals surface area (Å²) >= 11 is 3.42. The van der Waals surface area contributed by atoms with Gasteiger partial charge in [-0.05, 0) is 37.2 Å². The van der Waals surface area contributed by atoms with Gasteiger partial charge in [0.05, 0.1) is 0 Å². The maximum atomic E-state index is 12.5. The van der Waals surface area contributed by atoms with Crippen LogP contribution in [0.3, 0.4) is 0 Å². The van der Waals surface area contributed by atoms with Crippen LogP contribution in [0.2, 0.25) is 0 Å². The molecule has 0 N–H and O–H groups in total. The fraction of sp³-hybridized carbons (Fsp3) is 0.562. The normalized spacial score (nSPS) is 18.8. The lowest BCUT2D eigenvalue weighted by Gasteiger charge is -2.26. The number of carbonyl (C=O) groups excluding carboxylic acids is 1. The predicted molar refractivity (Wildman–Crippen MR) is 86.3 cm³/mol. The van der Waals surface area contributed by atoms with Gasteiger partial charge in [-0.3, -0.25) is 9.69 Å². The third kappa shape index (κ3) is 3.41. The van der Waals surface area contributed by atoms with Crippen molar-refractivity contribution < 1.29 is 4.79 Å². The molecule has 20 heavy (non-hydrogen) atoms. The van der Waals surface area contributed by atoms with E-state index in [-0.39, 0.29) is 5.91 Å². The second-order valence-electron chi connectivity index (χ2n) is 5.25. The molecular weight excluding hydrogens is 316 g/mol. The Hall–Kier alpha value is -0.870. The maximum absolute atomic E-state index is 12.5. The first-order chi connectivity index (χ1) is 9.69. The van der Waals surface area contributed by atoms with E-state index >= 15 is 0 Å². The lowest BCUT2D eigenvalue weighted by Crippen LogP contribution is -2.38. The largest absolute Gasteiger partial charge is 0.337 e. The molecule has 110 valence electrons. The van der Waals surface area contributed by atoms with Gasteiger partial charge in [-0.25, -0.2) is 0 Å². The lowest BCUT2D eigenvalue weighted by molar-refractivity contribution is 0.0778. The first-order valence-electron chi connectivity index (χ1n) is 7.37. The van der Waals surface area contributed by atoms with Gasteiger partial charge in [-0.2, -0.15) is 0 Å². The van der Waals surface area contributed by atoms with Crippen molar-refractivity contribution >= 4 is 21.8 Å². The Morgan fingerprint density at radius 1 is 1.30 bits per heavy atom. The smallest absolute Gasteiger partial charge is 0.253 e. The van der Waals surface area contributed by atoms with Gasteiger partial charge in [-0.15, -0.1) is 0 Å². The van der Waals surface area contributed by atoms with Gasteiger partial charge >= 0.3 is 0 Å². The van der Waals surface area contributed by atoms with Crippen molar-refractivity contribution in [3.63, 3.8) is 0 Å². The van der Waals surface area contributed by atoms with E-state index in [0.29, 0.717) is 6.04 Å². The minimum atomic E-state index is 0.167. The molecular formula is C16H23BrN2O. The highest BCUT2D eigenvalue weighted by Gasteiger charge is 2.29. The molecule has 0 saturated carbocycles. The van der Waals surface area contributed by atoms with Gasteiger partial charge < -0.3 is 4.90 Å². The van der Waals surface area contributed by atoms with Crippen molar-refractivity contribution in [1.82, 2.24) is 9.80 Å². The Morgan fingerprint density at radius 2 is 1.95 bits per heavy atom. The zero-order chi connectivity index (χ0) is 14.5. The fourth-order valence-electron chi connectivity index (χ4n) is 2.88. The number of alkyl halides is 1. The molecule has 1 saturated heterocycles. The van der Waals surface area contributed by atoms with Crippen LogP contribution in [-0.2, 0) is 5.33 Å². The number of carbonyl (C=O) groups is 1. The quantitative estimate of drug-likeness (QED) is 0.770. The molecule has 1 aliphatic rings. The Bertz CT molecular complexity index is 442. The summed E-state index contributed by atoms with van der Waals surface area (Å²) in [5.41, 5.74) is 2.00. The van der Waals surface area contributed by atoms with E-state index in [4.69, 9.17) is 0 Å². The third-order valence-corrected chi connectivity index (χ3v) is 4.78. The molecule has 0 aliphatic carbocycles. The monoisotopic (exact) mass is 338 g/mol. The minimum Gasteiger partial charge on any atom is -0.337 e. The van der Waals surface area contributed by atoms with E-state index in [2.05, 4.69) is 34.7 Å². The van der Waals surface area contributed by atoms with Crippen LogP contribution in [-0.4, -0.2) is 47.9 Å². The number of hydrogen-bond acceptors (Lipinski definition) is 2.